The van der Waals surface area contributed by atoms with Crippen LogP contribution in [0, 0.1) is 0 Å². The van der Waals surface area contributed by atoms with Gasteiger partial charge < -0.3 is 69.1 Å². The maximum Gasteiger partial charge on any atom is 4.00 e. The predicted molar refractivity (Wildman–Crippen MR) is 40.7 cm³/mol. The van der Waals surface area contributed by atoms with Crippen molar-refractivity contribution in [2.75, 3.05) is 0 Å². The number of hydrogen-bond donors (Lipinski definition) is 0. The molecule has 0 aromatic rings. The first kappa shape index (κ1) is 32.7. The van der Waals surface area contributed by atoms with Gasteiger partial charge in [0.05, 0.1) is 0 Å². The van der Waals surface area contributed by atoms with E-state index in [2.05, 4.69) is 0 Å². The molecule has 0 spiro atoms. The minimum absolute atomic E-state index is 0. The molecule has 0 fully saturated rings. The Bertz CT molecular complexity index is 130. The van der Waals surface area contributed by atoms with Gasteiger partial charge in [0, 0.05) is 0 Å². The van der Waals surface area contributed by atoms with E-state index in [1.807, 2.05) is 0 Å². The zero-order valence-corrected chi connectivity index (χ0v) is 10.4. The summed E-state index contributed by atoms with van der Waals surface area (Å²) >= 11 is 0. The molecular weight excluding hydrogens is 395 g/mol. The second kappa shape index (κ2) is 12.4. The molecule has 0 unspecified atom stereocenters. The van der Waals surface area contributed by atoms with Crippen molar-refractivity contribution in [2.45, 2.75) is 0 Å². The van der Waals surface area contributed by atoms with Crippen LogP contribution in [0.25, 0.3) is 0 Å². The van der Waals surface area contributed by atoms with Gasteiger partial charge in [0.1, 0.15) is 0 Å². The molecule has 0 saturated heterocycles. The van der Waals surface area contributed by atoms with Crippen molar-refractivity contribution in [1.29, 1.82) is 0 Å². The number of hydrogen-bond acceptors (Lipinski definition) is 0. The Morgan fingerprint density at radius 2 is 0.238 bits per heavy atom. The molecule has 21 heteroatoms. The summed E-state index contributed by atoms with van der Waals surface area (Å²) in [5.41, 5.74) is 0. The Labute approximate surface area is 120 Å². The molecule has 0 radical (unpaired) electrons. The van der Waals surface area contributed by atoms with Crippen molar-refractivity contribution in [3.8, 4) is 0 Å². The van der Waals surface area contributed by atoms with Crippen molar-refractivity contribution in [3.05, 3.63) is 0 Å². The minimum Gasteiger partial charge on any atom is -0.418 e. The van der Waals surface area contributed by atoms with Crippen molar-refractivity contribution < 1.29 is 90.8 Å². The van der Waals surface area contributed by atoms with Crippen LogP contribution in [0.3, 0.4) is 0 Å². The van der Waals surface area contributed by atoms with Crippen LogP contribution in [0.4, 0.5) is 69.1 Å². The monoisotopic (exact) mass is 396 g/mol. The van der Waals surface area contributed by atoms with E-state index in [1.54, 1.807) is 0 Å². The van der Waals surface area contributed by atoms with Crippen LogP contribution in [0.15, 0.2) is 0 Å². The fourth-order valence-corrected chi connectivity index (χ4v) is 0. The molecule has 0 aromatic heterocycles. The Kier molecular flexibility index (Phi) is 19.3. The maximum absolute atomic E-state index is 9.75. The molecule has 0 heterocycles. The van der Waals surface area contributed by atoms with Gasteiger partial charge in [-0.15, -0.1) is 0 Å². The van der Waals surface area contributed by atoms with E-state index in [-0.39, 0.29) is 21.7 Å². The van der Waals surface area contributed by atoms with Crippen LogP contribution < -0.4 is 0 Å². The van der Waals surface area contributed by atoms with Gasteiger partial charge in [0.15, 0.2) is 0 Å². The van der Waals surface area contributed by atoms with E-state index < -0.39 is 29.0 Å². The van der Waals surface area contributed by atoms with E-state index in [0.29, 0.717) is 0 Å². The summed E-state index contributed by atoms with van der Waals surface area (Å²) in [5, 5.41) is 0. The van der Waals surface area contributed by atoms with E-state index in [0.717, 1.165) is 0 Å². The molecular formula is B4F16Ti. The molecule has 0 bridgehead atoms. The SMILES string of the molecule is F[B-](F)(F)F.F[B-](F)(F)F.F[B-](F)(F)F.F[B-](F)(F)F.[Ti+4]. The first-order valence-corrected chi connectivity index (χ1v) is 3.49. The van der Waals surface area contributed by atoms with Gasteiger partial charge in [-0.25, -0.2) is 0 Å². The average Bonchev–Trinajstić information content (AvgIpc) is 1.62. The van der Waals surface area contributed by atoms with E-state index in [1.165, 1.54) is 0 Å². The zero-order chi connectivity index (χ0) is 18.0. The second-order valence-corrected chi connectivity index (χ2v) is 1.98. The predicted octanol–water partition coefficient (Wildman–Crippen LogP) is 5.20. The standard InChI is InChI=1S/4BF4.Ti/c4*2-1(3,4)5;/q4*-1;+4. The average molecular weight is 395 g/mol. The van der Waals surface area contributed by atoms with Gasteiger partial charge >= 0.3 is 50.7 Å². The molecule has 0 aliphatic rings. The van der Waals surface area contributed by atoms with Gasteiger partial charge in [-0.3, -0.25) is 0 Å². The maximum atomic E-state index is 9.75. The van der Waals surface area contributed by atoms with E-state index in [4.69, 9.17) is 0 Å². The van der Waals surface area contributed by atoms with Crippen molar-refractivity contribution in [3.63, 3.8) is 0 Å². The van der Waals surface area contributed by atoms with Crippen LogP contribution >= 0.6 is 0 Å². The zero-order valence-electron chi connectivity index (χ0n) is 8.86. The summed E-state index contributed by atoms with van der Waals surface area (Å²) in [6.45, 7) is 0. The number of halogens is 16. The molecule has 0 atom stereocenters. The van der Waals surface area contributed by atoms with Gasteiger partial charge in [-0.05, 0) is 0 Å². The summed E-state index contributed by atoms with van der Waals surface area (Å²) in [6.07, 6.45) is 0. The third kappa shape index (κ3) is 297000. The van der Waals surface area contributed by atoms with Crippen molar-refractivity contribution >= 4 is 29.0 Å². The Morgan fingerprint density at radius 3 is 0.238 bits per heavy atom. The quantitative estimate of drug-likeness (QED) is 0.391. The van der Waals surface area contributed by atoms with Gasteiger partial charge in [-0.1, -0.05) is 0 Å². The van der Waals surface area contributed by atoms with E-state index in [9.17, 15) is 69.1 Å². The first-order chi connectivity index (χ1) is 8.00. The van der Waals surface area contributed by atoms with Crippen molar-refractivity contribution in [1.82, 2.24) is 0 Å². The fraction of sp³-hybridized carbons (Fsp3) is 0. The largest absolute Gasteiger partial charge is 4.00 e. The molecule has 0 aromatic carbocycles. The third-order valence-electron chi connectivity index (χ3n) is 0. The summed E-state index contributed by atoms with van der Waals surface area (Å²) < 4.78 is 156. The Morgan fingerprint density at radius 1 is 0.238 bits per heavy atom. The van der Waals surface area contributed by atoms with Crippen LogP contribution in [0.5, 0.6) is 0 Å². The first-order valence-electron chi connectivity index (χ1n) is 3.49. The summed E-state index contributed by atoms with van der Waals surface area (Å²) in [7, 11) is -24.0. The smallest absolute Gasteiger partial charge is 0.418 e. The van der Waals surface area contributed by atoms with Crippen LogP contribution in [0.1, 0.15) is 0 Å². The topological polar surface area (TPSA) is 0 Å². The summed E-state index contributed by atoms with van der Waals surface area (Å²) in [6, 6.07) is 0. The third-order valence-corrected chi connectivity index (χ3v) is 0. The fourth-order valence-electron chi connectivity index (χ4n) is 0. The molecule has 0 rings (SSSR count). The molecule has 0 N–H and O–H groups in total. The van der Waals surface area contributed by atoms with Gasteiger partial charge in [0.25, 0.3) is 0 Å². The van der Waals surface area contributed by atoms with E-state index >= 15 is 0 Å². The number of rotatable bonds is 0. The van der Waals surface area contributed by atoms with Crippen LogP contribution in [0.2, 0.25) is 0 Å². The Balaban J connectivity index is -0.0000000533. The normalized spacial score (nSPS) is 11.4. The Hall–Kier alpha value is -0.146. The van der Waals surface area contributed by atoms with Crippen molar-refractivity contribution in [2.24, 2.45) is 0 Å². The molecule has 21 heavy (non-hydrogen) atoms. The summed E-state index contributed by atoms with van der Waals surface area (Å²) in [5.74, 6) is 0. The molecule has 0 aliphatic heterocycles. The molecule has 128 valence electrons. The minimum atomic E-state index is -6.00. The van der Waals surface area contributed by atoms with Crippen LogP contribution in [-0.4, -0.2) is 29.0 Å². The molecule has 0 aliphatic carbocycles. The second-order valence-electron chi connectivity index (χ2n) is 1.98. The molecule has 0 saturated carbocycles. The van der Waals surface area contributed by atoms with Gasteiger partial charge in [0.2, 0.25) is 0 Å². The molecule has 0 nitrogen and oxygen atoms in total. The summed E-state index contributed by atoms with van der Waals surface area (Å²) in [4.78, 5) is 0. The van der Waals surface area contributed by atoms with Crippen LogP contribution in [-0.2, 0) is 21.7 Å². The molecule has 0 amide bonds. The van der Waals surface area contributed by atoms with Gasteiger partial charge in [-0.2, -0.15) is 0 Å².